The van der Waals surface area contributed by atoms with Crippen molar-refractivity contribution in [3.05, 3.63) is 91.5 Å². The Labute approximate surface area is 182 Å². The van der Waals surface area contributed by atoms with Crippen LogP contribution < -0.4 is 24.8 Å². The van der Waals surface area contributed by atoms with Crippen LogP contribution in [0.4, 0.5) is 11.4 Å². The van der Waals surface area contributed by atoms with Gasteiger partial charge in [-0.3, -0.25) is 4.79 Å². The van der Waals surface area contributed by atoms with Gasteiger partial charge in [-0.2, -0.15) is 0 Å². The van der Waals surface area contributed by atoms with Gasteiger partial charge in [0.25, 0.3) is 0 Å². The molecule has 6 nitrogen and oxygen atoms in total. The molecule has 0 unspecified atom stereocenters. The molecule has 0 atom stereocenters. The van der Waals surface area contributed by atoms with E-state index in [4.69, 9.17) is 14.2 Å². The summed E-state index contributed by atoms with van der Waals surface area (Å²) in [5.74, 6) is 1.93. The van der Waals surface area contributed by atoms with Crippen molar-refractivity contribution in [3.63, 3.8) is 0 Å². The number of carbonyl (C=O) groups excluding carboxylic acids is 1. The van der Waals surface area contributed by atoms with E-state index in [9.17, 15) is 4.79 Å². The molecule has 31 heavy (non-hydrogen) atoms. The lowest BCUT2D eigenvalue weighted by atomic mass is 10.3. The summed E-state index contributed by atoms with van der Waals surface area (Å²) in [5.41, 5.74) is 1.40. The Morgan fingerprint density at radius 3 is 2.35 bits per heavy atom. The lowest BCUT2D eigenvalue weighted by Gasteiger charge is -2.13. The molecule has 6 heteroatoms. The van der Waals surface area contributed by atoms with Gasteiger partial charge in [-0.05, 0) is 36.4 Å². The minimum atomic E-state index is -0.183. The number of ether oxygens (including phenoxy) is 3. The zero-order valence-electron chi connectivity index (χ0n) is 17.3. The highest BCUT2D eigenvalue weighted by molar-refractivity contribution is 5.95. The minimum absolute atomic E-state index is 0.108. The molecule has 0 fully saturated rings. The standard InChI is InChI=1S/C25H26N2O4/c1-2-15-31-24-14-7-6-13-23(24)27-25(28)19-26-20-9-8-12-22(18-20)30-17-16-29-21-10-4-3-5-11-21/h2-14,18,26H,1,15-17,19H2,(H,27,28). The van der Waals surface area contributed by atoms with Crippen molar-refractivity contribution in [2.45, 2.75) is 0 Å². The first-order valence-corrected chi connectivity index (χ1v) is 10.0. The molecule has 0 aliphatic heterocycles. The van der Waals surface area contributed by atoms with E-state index >= 15 is 0 Å². The van der Waals surface area contributed by atoms with Gasteiger partial charge in [0.05, 0.1) is 12.2 Å². The molecule has 0 aromatic heterocycles. The predicted molar refractivity (Wildman–Crippen MR) is 123 cm³/mol. The molecular weight excluding hydrogens is 392 g/mol. The first kappa shape index (κ1) is 21.8. The molecule has 0 saturated heterocycles. The summed E-state index contributed by atoms with van der Waals surface area (Å²) in [6.45, 7) is 4.97. The molecule has 0 spiro atoms. The van der Waals surface area contributed by atoms with E-state index < -0.39 is 0 Å². The quantitative estimate of drug-likeness (QED) is 0.328. The first-order valence-electron chi connectivity index (χ1n) is 10.0. The van der Waals surface area contributed by atoms with Crippen LogP contribution >= 0.6 is 0 Å². The van der Waals surface area contributed by atoms with Gasteiger partial charge in [0.2, 0.25) is 5.91 Å². The Bertz CT molecular complexity index is 976. The van der Waals surface area contributed by atoms with E-state index in [2.05, 4.69) is 17.2 Å². The third kappa shape index (κ3) is 7.44. The van der Waals surface area contributed by atoms with Crippen LogP contribution in [0.1, 0.15) is 0 Å². The monoisotopic (exact) mass is 418 g/mol. The molecule has 0 aliphatic carbocycles. The summed E-state index contributed by atoms with van der Waals surface area (Å²) in [6.07, 6.45) is 1.66. The fraction of sp³-hybridized carbons (Fsp3) is 0.160. The van der Waals surface area contributed by atoms with Gasteiger partial charge < -0.3 is 24.8 Å². The average Bonchev–Trinajstić information content (AvgIpc) is 2.81. The number of amides is 1. The Morgan fingerprint density at radius 2 is 1.55 bits per heavy atom. The number of rotatable bonds is 12. The summed E-state index contributed by atoms with van der Waals surface area (Å²) in [7, 11) is 0. The van der Waals surface area contributed by atoms with Gasteiger partial charge >= 0.3 is 0 Å². The van der Waals surface area contributed by atoms with Crippen LogP contribution in [-0.2, 0) is 4.79 Å². The van der Waals surface area contributed by atoms with Crippen LogP contribution in [0.15, 0.2) is 91.5 Å². The zero-order valence-corrected chi connectivity index (χ0v) is 17.3. The predicted octanol–water partition coefficient (Wildman–Crippen LogP) is 4.76. The molecule has 3 rings (SSSR count). The number of hydrogen-bond donors (Lipinski definition) is 2. The molecule has 0 bridgehead atoms. The molecule has 1 amide bonds. The Hall–Kier alpha value is -3.93. The molecule has 3 aromatic rings. The minimum Gasteiger partial charge on any atom is -0.490 e. The third-order valence-electron chi connectivity index (χ3n) is 4.17. The molecule has 2 N–H and O–H groups in total. The van der Waals surface area contributed by atoms with Gasteiger partial charge in [-0.1, -0.05) is 49.1 Å². The second-order valence-electron chi connectivity index (χ2n) is 6.54. The van der Waals surface area contributed by atoms with E-state index in [0.29, 0.717) is 37.0 Å². The van der Waals surface area contributed by atoms with Gasteiger partial charge in [-0.25, -0.2) is 0 Å². The van der Waals surface area contributed by atoms with Crippen LogP contribution in [0.25, 0.3) is 0 Å². The van der Waals surface area contributed by atoms with Crippen LogP contribution in [0.5, 0.6) is 17.2 Å². The first-order chi connectivity index (χ1) is 15.2. The number of hydrogen-bond acceptors (Lipinski definition) is 5. The number of carbonyl (C=O) groups is 1. The van der Waals surface area contributed by atoms with E-state index in [1.54, 1.807) is 18.2 Å². The number of benzene rings is 3. The maximum Gasteiger partial charge on any atom is 0.243 e. The molecule has 0 saturated carbocycles. The highest BCUT2D eigenvalue weighted by Crippen LogP contribution is 2.24. The van der Waals surface area contributed by atoms with Crippen molar-refractivity contribution in [2.75, 3.05) is 37.0 Å². The topological polar surface area (TPSA) is 68.8 Å². The molecule has 0 heterocycles. The summed E-state index contributed by atoms with van der Waals surface area (Å²) >= 11 is 0. The second kappa shape index (κ2) is 11.9. The second-order valence-corrected chi connectivity index (χ2v) is 6.54. The van der Waals surface area contributed by atoms with E-state index in [0.717, 1.165) is 11.4 Å². The van der Waals surface area contributed by atoms with E-state index in [-0.39, 0.29) is 12.5 Å². The van der Waals surface area contributed by atoms with Crippen molar-refractivity contribution >= 4 is 17.3 Å². The van der Waals surface area contributed by atoms with Gasteiger partial charge in [0.1, 0.15) is 37.1 Å². The maximum absolute atomic E-state index is 12.3. The van der Waals surface area contributed by atoms with Crippen molar-refractivity contribution in [3.8, 4) is 17.2 Å². The van der Waals surface area contributed by atoms with Crippen molar-refractivity contribution in [2.24, 2.45) is 0 Å². The van der Waals surface area contributed by atoms with Crippen molar-refractivity contribution < 1.29 is 19.0 Å². The van der Waals surface area contributed by atoms with E-state index in [1.807, 2.05) is 66.7 Å². The molecule has 160 valence electrons. The Balaban J connectivity index is 1.44. The Kier molecular flexibility index (Phi) is 8.37. The summed E-state index contributed by atoms with van der Waals surface area (Å²) in [5, 5.41) is 5.96. The largest absolute Gasteiger partial charge is 0.490 e. The lowest BCUT2D eigenvalue weighted by Crippen LogP contribution is -2.22. The van der Waals surface area contributed by atoms with Gasteiger partial charge in [0.15, 0.2) is 0 Å². The van der Waals surface area contributed by atoms with Crippen molar-refractivity contribution in [1.82, 2.24) is 0 Å². The van der Waals surface area contributed by atoms with Crippen LogP contribution in [0.3, 0.4) is 0 Å². The normalized spacial score (nSPS) is 10.1. The molecule has 3 aromatic carbocycles. The SMILES string of the molecule is C=CCOc1ccccc1NC(=O)CNc1cccc(OCCOc2ccccc2)c1. The summed E-state index contributed by atoms with van der Waals surface area (Å²) in [4.78, 5) is 12.3. The lowest BCUT2D eigenvalue weighted by molar-refractivity contribution is -0.114. The third-order valence-corrected chi connectivity index (χ3v) is 4.17. The highest BCUT2D eigenvalue weighted by Gasteiger charge is 2.07. The molecular formula is C25H26N2O4. The molecule has 0 radical (unpaired) electrons. The molecule has 0 aliphatic rings. The summed E-state index contributed by atoms with van der Waals surface area (Å²) in [6, 6.07) is 24.3. The highest BCUT2D eigenvalue weighted by atomic mass is 16.5. The van der Waals surface area contributed by atoms with Crippen LogP contribution in [-0.4, -0.2) is 32.3 Å². The number of anilines is 2. The van der Waals surface area contributed by atoms with Crippen LogP contribution in [0.2, 0.25) is 0 Å². The van der Waals surface area contributed by atoms with Gasteiger partial charge in [0, 0.05) is 11.8 Å². The Morgan fingerprint density at radius 1 is 0.839 bits per heavy atom. The number of nitrogens with one attached hydrogen (secondary N) is 2. The summed E-state index contributed by atoms with van der Waals surface area (Å²) < 4.78 is 16.9. The average molecular weight is 418 g/mol. The fourth-order valence-electron chi connectivity index (χ4n) is 2.75. The van der Waals surface area contributed by atoms with E-state index in [1.165, 1.54) is 0 Å². The van der Waals surface area contributed by atoms with Crippen LogP contribution in [0, 0.1) is 0 Å². The smallest absolute Gasteiger partial charge is 0.243 e. The fourth-order valence-corrected chi connectivity index (χ4v) is 2.75. The number of para-hydroxylation sites is 3. The zero-order chi connectivity index (χ0) is 21.7. The van der Waals surface area contributed by atoms with Gasteiger partial charge in [-0.15, -0.1) is 0 Å². The maximum atomic E-state index is 12.3. The van der Waals surface area contributed by atoms with Crippen molar-refractivity contribution in [1.29, 1.82) is 0 Å².